The van der Waals surface area contributed by atoms with Gasteiger partial charge < -0.3 is 10.6 Å². The predicted octanol–water partition coefficient (Wildman–Crippen LogP) is 5.11. The molecule has 2 N–H and O–H groups in total. The maximum absolute atomic E-state index is 12.9. The molecule has 0 saturated heterocycles. The van der Waals surface area contributed by atoms with Crippen molar-refractivity contribution in [2.24, 2.45) is 0 Å². The third kappa shape index (κ3) is 4.32. The van der Waals surface area contributed by atoms with Crippen molar-refractivity contribution in [2.75, 3.05) is 15.5 Å². The number of hydrogen-bond acceptors (Lipinski definition) is 3. The molecule has 0 bridgehead atoms. The van der Waals surface area contributed by atoms with E-state index < -0.39 is 0 Å². The molecule has 1 heterocycles. The summed E-state index contributed by atoms with van der Waals surface area (Å²) in [4.78, 5) is 39.2. The van der Waals surface area contributed by atoms with Gasteiger partial charge in [-0.05, 0) is 77.0 Å². The van der Waals surface area contributed by atoms with E-state index in [2.05, 4.69) is 33.2 Å². The lowest BCUT2D eigenvalue weighted by molar-refractivity contribution is -0.124. The monoisotopic (exact) mass is 525 g/mol. The van der Waals surface area contributed by atoms with Crippen molar-refractivity contribution in [1.82, 2.24) is 0 Å². The van der Waals surface area contributed by atoms with E-state index in [0.29, 0.717) is 28.3 Å². The number of nitrogens with zero attached hydrogens (tertiary/aromatic N) is 1. The van der Waals surface area contributed by atoms with E-state index in [1.165, 1.54) is 0 Å². The van der Waals surface area contributed by atoms with Crippen LogP contribution in [0, 0.1) is 3.57 Å². The Hall–Kier alpha value is -3.20. The highest BCUT2D eigenvalue weighted by molar-refractivity contribution is 14.1. The molecule has 0 atom stereocenters. The SMILES string of the molecule is CCc1cccc2c1NC(=O)CC(=O)N2c1ccc(NC(=O)c2ccccc2I)cc1. The first kappa shape index (κ1) is 21.0. The molecular formula is C24H20IN3O3. The fourth-order valence-corrected chi connectivity index (χ4v) is 4.20. The summed E-state index contributed by atoms with van der Waals surface area (Å²) in [5.74, 6) is -0.826. The first-order valence-corrected chi connectivity index (χ1v) is 11.0. The first-order chi connectivity index (χ1) is 15.0. The quantitative estimate of drug-likeness (QED) is 0.367. The van der Waals surface area contributed by atoms with Gasteiger partial charge in [-0.2, -0.15) is 0 Å². The highest BCUT2D eigenvalue weighted by Gasteiger charge is 2.28. The minimum absolute atomic E-state index is 0.198. The Morgan fingerprint density at radius 3 is 2.48 bits per heavy atom. The molecular weight excluding hydrogens is 505 g/mol. The van der Waals surface area contributed by atoms with Crippen molar-refractivity contribution in [3.05, 3.63) is 81.4 Å². The Kier molecular flexibility index (Phi) is 6.03. The van der Waals surface area contributed by atoms with Crippen LogP contribution in [0.3, 0.4) is 0 Å². The van der Waals surface area contributed by atoms with E-state index in [1.807, 2.05) is 43.3 Å². The summed E-state index contributed by atoms with van der Waals surface area (Å²) < 4.78 is 0.866. The molecule has 0 aromatic heterocycles. The Balaban J connectivity index is 1.64. The first-order valence-electron chi connectivity index (χ1n) is 9.88. The number of anilines is 4. The zero-order chi connectivity index (χ0) is 22.0. The predicted molar refractivity (Wildman–Crippen MR) is 130 cm³/mol. The van der Waals surface area contributed by atoms with Crippen molar-refractivity contribution < 1.29 is 14.4 Å². The van der Waals surface area contributed by atoms with Crippen LogP contribution in [0.4, 0.5) is 22.7 Å². The third-order valence-corrected chi connectivity index (χ3v) is 6.02. The van der Waals surface area contributed by atoms with E-state index in [9.17, 15) is 14.4 Å². The molecule has 0 unspecified atom stereocenters. The second-order valence-corrected chi connectivity index (χ2v) is 8.26. The highest BCUT2D eigenvalue weighted by atomic mass is 127. The Labute approximate surface area is 193 Å². The van der Waals surface area contributed by atoms with Crippen LogP contribution in [-0.4, -0.2) is 17.7 Å². The number of hydrogen-bond donors (Lipinski definition) is 2. The molecule has 7 heteroatoms. The van der Waals surface area contributed by atoms with Crippen LogP contribution in [0.15, 0.2) is 66.7 Å². The molecule has 0 saturated carbocycles. The Bertz CT molecular complexity index is 1170. The van der Waals surface area contributed by atoms with Gasteiger partial charge in [-0.15, -0.1) is 0 Å². The van der Waals surface area contributed by atoms with E-state index >= 15 is 0 Å². The van der Waals surface area contributed by atoms with Gasteiger partial charge in [0.1, 0.15) is 6.42 Å². The van der Waals surface area contributed by atoms with Crippen LogP contribution in [0.1, 0.15) is 29.3 Å². The minimum atomic E-state index is -0.323. The van der Waals surface area contributed by atoms with Gasteiger partial charge in [0.2, 0.25) is 11.8 Å². The van der Waals surface area contributed by atoms with Gasteiger partial charge in [-0.1, -0.05) is 31.2 Å². The molecule has 0 fully saturated rings. The lowest BCUT2D eigenvalue weighted by atomic mass is 10.1. The summed E-state index contributed by atoms with van der Waals surface area (Å²) in [6, 6.07) is 20.0. The number of aryl methyl sites for hydroxylation is 1. The molecule has 3 amide bonds. The van der Waals surface area contributed by atoms with E-state index in [-0.39, 0.29) is 24.1 Å². The molecule has 0 radical (unpaired) electrons. The lowest BCUT2D eigenvalue weighted by Gasteiger charge is -2.24. The summed E-state index contributed by atoms with van der Waals surface area (Å²) >= 11 is 2.13. The van der Waals surface area contributed by atoms with Gasteiger partial charge in [0.15, 0.2) is 0 Å². The summed E-state index contributed by atoms with van der Waals surface area (Å²) in [5.41, 5.74) is 4.12. The van der Waals surface area contributed by atoms with Gasteiger partial charge in [0.25, 0.3) is 5.91 Å². The number of nitrogens with one attached hydrogen (secondary N) is 2. The topological polar surface area (TPSA) is 78.5 Å². The van der Waals surface area contributed by atoms with Crippen LogP contribution in [-0.2, 0) is 16.0 Å². The molecule has 6 nitrogen and oxygen atoms in total. The molecule has 3 aromatic rings. The lowest BCUT2D eigenvalue weighted by Crippen LogP contribution is -2.26. The van der Waals surface area contributed by atoms with Crippen LogP contribution in [0.25, 0.3) is 0 Å². The molecule has 156 valence electrons. The second-order valence-electron chi connectivity index (χ2n) is 7.10. The molecule has 1 aliphatic rings. The number of rotatable bonds is 4. The number of fused-ring (bicyclic) bond motifs is 1. The molecule has 0 spiro atoms. The number of amides is 3. The maximum atomic E-state index is 12.9. The fraction of sp³-hybridized carbons (Fsp3) is 0.125. The molecule has 3 aromatic carbocycles. The maximum Gasteiger partial charge on any atom is 0.256 e. The van der Waals surface area contributed by atoms with Crippen LogP contribution in [0.2, 0.25) is 0 Å². The number of carbonyl (C=O) groups excluding carboxylic acids is 3. The highest BCUT2D eigenvalue weighted by Crippen LogP contribution is 2.37. The van der Waals surface area contributed by atoms with Crippen LogP contribution >= 0.6 is 22.6 Å². The molecule has 4 rings (SSSR count). The minimum Gasteiger partial charge on any atom is -0.324 e. The van der Waals surface area contributed by atoms with Gasteiger partial charge in [-0.3, -0.25) is 19.3 Å². The molecule has 31 heavy (non-hydrogen) atoms. The summed E-state index contributed by atoms with van der Waals surface area (Å²) in [7, 11) is 0. The Morgan fingerprint density at radius 1 is 1.03 bits per heavy atom. The summed E-state index contributed by atoms with van der Waals surface area (Å²) in [5, 5.41) is 5.76. The van der Waals surface area contributed by atoms with E-state index in [4.69, 9.17) is 0 Å². The van der Waals surface area contributed by atoms with E-state index in [1.54, 1.807) is 35.2 Å². The summed E-state index contributed by atoms with van der Waals surface area (Å²) in [6.07, 6.45) is 0.498. The number of halogens is 1. The average molecular weight is 525 g/mol. The smallest absolute Gasteiger partial charge is 0.256 e. The van der Waals surface area contributed by atoms with Gasteiger partial charge in [-0.25, -0.2) is 0 Å². The number of benzene rings is 3. The van der Waals surface area contributed by atoms with Crippen LogP contribution < -0.4 is 15.5 Å². The average Bonchev–Trinajstić information content (AvgIpc) is 2.88. The standard InChI is InChI=1S/C24H20IN3O3/c1-2-15-6-5-9-20-23(15)27-21(29)14-22(30)28(20)17-12-10-16(11-13-17)26-24(31)18-7-3-4-8-19(18)25/h3-13H,2,14H2,1H3,(H,26,31)(H,27,29). The summed E-state index contributed by atoms with van der Waals surface area (Å²) in [6.45, 7) is 2.00. The molecule has 1 aliphatic heterocycles. The fourth-order valence-electron chi connectivity index (χ4n) is 3.57. The van der Waals surface area contributed by atoms with Gasteiger partial charge in [0.05, 0.1) is 16.9 Å². The van der Waals surface area contributed by atoms with Gasteiger partial charge in [0, 0.05) is 14.9 Å². The molecule has 0 aliphatic carbocycles. The zero-order valence-corrected chi connectivity index (χ0v) is 19.0. The number of carbonyl (C=O) groups is 3. The van der Waals surface area contributed by atoms with Crippen molar-refractivity contribution in [3.63, 3.8) is 0 Å². The van der Waals surface area contributed by atoms with Crippen molar-refractivity contribution in [2.45, 2.75) is 19.8 Å². The van der Waals surface area contributed by atoms with Crippen molar-refractivity contribution >= 4 is 63.1 Å². The van der Waals surface area contributed by atoms with E-state index in [0.717, 1.165) is 15.6 Å². The van der Waals surface area contributed by atoms with Crippen LogP contribution in [0.5, 0.6) is 0 Å². The Morgan fingerprint density at radius 2 is 1.77 bits per heavy atom. The normalized spacial score (nSPS) is 13.3. The van der Waals surface area contributed by atoms with Crippen molar-refractivity contribution in [1.29, 1.82) is 0 Å². The van der Waals surface area contributed by atoms with Crippen molar-refractivity contribution in [3.8, 4) is 0 Å². The third-order valence-electron chi connectivity index (χ3n) is 5.08. The van der Waals surface area contributed by atoms with Gasteiger partial charge >= 0.3 is 0 Å². The number of para-hydroxylation sites is 1. The largest absolute Gasteiger partial charge is 0.324 e. The zero-order valence-electron chi connectivity index (χ0n) is 16.8. The second kappa shape index (κ2) is 8.89.